The van der Waals surface area contributed by atoms with Crippen molar-refractivity contribution in [2.75, 3.05) is 19.8 Å². The summed E-state index contributed by atoms with van der Waals surface area (Å²) in [4.78, 5) is 1.32. The van der Waals surface area contributed by atoms with Crippen molar-refractivity contribution < 1.29 is 9.84 Å². The van der Waals surface area contributed by atoms with Crippen LogP contribution in [0.5, 0.6) is 0 Å². The van der Waals surface area contributed by atoms with Gasteiger partial charge in [-0.3, -0.25) is 0 Å². The predicted octanol–water partition coefficient (Wildman–Crippen LogP) is 1.63. The van der Waals surface area contributed by atoms with Crippen LogP contribution in [0.3, 0.4) is 0 Å². The van der Waals surface area contributed by atoms with E-state index in [1.807, 2.05) is 0 Å². The number of hydrogen-bond donors (Lipinski definition) is 2. The molecule has 1 saturated heterocycles. The fraction of sp³-hybridized carbons (Fsp3) is 0.667. The molecule has 1 aliphatic rings. The number of aliphatic hydroxyl groups excluding tert-OH is 1. The van der Waals surface area contributed by atoms with E-state index in [0.29, 0.717) is 5.92 Å². The molecule has 0 spiro atoms. The van der Waals surface area contributed by atoms with E-state index in [1.54, 1.807) is 11.3 Å². The van der Waals surface area contributed by atoms with Crippen molar-refractivity contribution in [1.82, 2.24) is 5.32 Å². The highest BCUT2D eigenvalue weighted by atomic mass is 32.1. The number of ether oxygens (including phenoxy) is 1. The molecule has 0 bridgehead atoms. The molecule has 3 nitrogen and oxygen atoms in total. The average molecular weight is 241 g/mol. The molecule has 2 N–H and O–H groups in total. The Kier molecular flexibility index (Phi) is 4.78. The molecule has 90 valence electrons. The Bertz CT molecular complexity index is 283. The van der Waals surface area contributed by atoms with Gasteiger partial charge in [-0.25, -0.2) is 0 Å². The van der Waals surface area contributed by atoms with E-state index >= 15 is 0 Å². The van der Waals surface area contributed by atoms with Crippen LogP contribution in [0.25, 0.3) is 0 Å². The molecule has 0 aromatic carbocycles. The monoisotopic (exact) mass is 241 g/mol. The fourth-order valence-electron chi connectivity index (χ4n) is 2.14. The lowest BCUT2D eigenvalue weighted by Gasteiger charge is -2.29. The van der Waals surface area contributed by atoms with Crippen LogP contribution in [-0.4, -0.2) is 31.0 Å². The van der Waals surface area contributed by atoms with E-state index in [-0.39, 0.29) is 12.6 Å². The summed E-state index contributed by atoms with van der Waals surface area (Å²) < 4.78 is 5.34. The van der Waals surface area contributed by atoms with E-state index in [2.05, 4.69) is 22.8 Å². The van der Waals surface area contributed by atoms with Gasteiger partial charge in [0, 0.05) is 30.7 Å². The summed E-state index contributed by atoms with van der Waals surface area (Å²) in [5, 5.41) is 14.9. The van der Waals surface area contributed by atoms with Crippen molar-refractivity contribution in [3.63, 3.8) is 0 Å². The molecular weight excluding hydrogens is 222 g/mol. The van der Waals surface area contributed by atoms with Crippen LogP contribution in [0.2, 0.25) is 0 Å². The fourth-order valence-corrected chi connectivity index (χ4v) is 2.80. The zero-order valence-corrected chi connectivity index (χ0v) is 10.2. The molecule has 1 unspecified atom stereocenters. The maximum Gasteiger partial charge on any atom is 0.0587 e. The van der Waals surface area contributed by atoms with Gasteiger partial charge in [0.15, 0.2) is 0 Å². The van der Waals surface area contributed by atoms with Gasteiger partial charge in [0.25, 0.3) is 0 Å². The first kappa shape index (κ1) is 12.0. The standard InChI is InChI=1S/C12H19NO2S/c14-9-12(10-3-5-15-6-4-10)13-8-11-2-1-7-16-11/h1-2,7,10,12-14H,3-6,8-9H2. The largest absolute Gasteiger partial charge is 0.395 e. The van der Waals surface area contributed by atoms with Crippen LogP contribution in [-0.2, 0) is 11.3 Å². The molecule has 0 amide bonds. The van der Waals surface area contributed by atoms with E-state index in [9.17, 15) is 5.11 Å². The highest BCUT2D eigenvalue weighted by Gasteiger charge is 2.22. The van der Waals surface area contributed by atoms with Gasteiger partial charge < -0.3 is 15.2 Å². The summed E-state index contributed by atoms with van der Waals surface area (Å²) >= 11 is 1.75. The van der Waals surface area contributed by atoms with Gasteiger partial charge in [-0.15, -0.1) is 11.3 Å². The van der Waals surface area contributed by atoms with Crippen molar-refractivity contribution in [1.29, 1.82) is 0 Å². The summed E-state index contributed by atoms with van der Waals surface area (Å²) in [7, 11) is 0. The summed E-state index contributed by atoms with van der Waals surface area (Å²) in [6, 6.07) is 4.39. The Labute approximate surface area is 100 Å². The van der Waals surface area contributed by atoms with Gasteiger partial charge >= 0.3 is 0 Å². The van der Waals surface area contributed by atoms with Gasteiger partial charge in [0.2, 0.25) is 0 Å². The Hall–Kier alpha value is -0.420. The second-order valence-corrected chi connectivity index (χ2v) is 5.23. The topological polar surface area (TPSA) is 41.5 Å². The number of hydrogen-bond acceptors (Lipinski definition) is 4. The summed E-state index contributed by atoms with van der Waals surface area (Å²) in [5.74, 6) is 0.554. The van der Waals surface area contributed by atoms with Crippen molar-refractivity contribution in [3.05, 3.63) is 22.4 Å². The van der Waals surface area contributed by atoms with E-state index in [4.69, 9.17) is 4.74 Å². The Morgan fingerprint density at radius 3 is 2.94 bits per heavy atom. The molecule has 1 aromatic rings. The number of nitrogens with one attached hydrogen (secondary N) is 1. The zero-order valence-electron chi connectivity index (χ0n) is 9.39. The van der Waals surface area contributed by atoms with Gasteiger partial charge in [-0.2, -0.15) is 0 Å². The molecule has 2 rings (SSSR count). The van der Waals surface area contributed by atoms with Gasteiger partial charge in [-0.05, 0) is 30.2 Å². The first-order chi connectivity index (χ1) is 7.90. The number of rotatable bonds is 5. The van der Waals surface area contributed by atoms with Crippen molar-refractivity contribution in [3.8, 4) is 0 Å². The van der Waals surface area contributed by atoms with Gasteiger partial charge in [0.1, 0.15) is 0 Å². The lowest BCUT2D eigenvalue weighted by Crippen LogP contribution is -2.41. The summed E-state index contributed by atoms with van der Waals surface area (Å²) in [5.41, 5.74) is 0. The first-order valence-electron chi connectivity index (χ1n) is 5.84. The summed E-state index contributed by atoms with van der Waals surface area (Å²) in [6.45, 7) is 2.75. The normalized spacial score (nSPS) is 19.8. The van der Waals surface area contributed by atoms with Crippen molar-refractivity contribution >= 4 is 11.3 Å². The minimum Gasteiger partial charge on any atom is -0.395 e. The SMILES string of the molecule is OCC(NCc1cccs1)C1CCOCC1. The predicted molar refractivity (Wildman–Crippen MR) is 65.6 cm³/mol. The molecule has 1 aliphatic heterocycles. The lowest BCUT2D eigenvalue weighted by atomic mass is 9.92. The molecule has 4 heteroatoms. The van der Waals surface area contributed by atoms with Gasteiger partial charge in [0.05, 0.1) is 6.61 Å². The third-order valence-electron chi connectivity index (χ3n) is 3.15. The second-order valence-electron chi connectivity index (χ2n) is 4.20. The molecule has 2 heterocycles. The molecule has 16 heavy (non-hydrogen) atoms. The molecular formula is C12H19NO2S. The van der Waals surface area contributed by atoms with Crippen LogP contribution < -0.4 is 5.32 Å². The van der Waals surface area contributed by atoms with Crippen LogP contribution in [0, 0.1) is 5.92 Å². The van der Waals surface area contributed by atoms with Crippen LogP contribution in [0.15, 0.2) is 17.5 Å². The third-order valence-corrected chi connectivity index (χ3v) is 4.03. The zero-order chi connectivity index (χ0) is 11.2. The lowest BCUT2D eigenvalue weighted by molar-refractivity contribution is 0.0435. The van der Waals surface area contributed by atoms with E-state index in [1.165, 1.54) is 4.88 Å². The molecule has 1 fully saturated rings. The first-order valence-corrected chi connectivity index (χ1v) is 6.72. The second kappa shape index (κ2) is 6.35. The maximum atomic E-state index is 9.41. The van der Waals surface area contributed by atoms with Gasteiger partial charge in [-0.1, -0.05) is 6.07 Å². The molecule has 1 atom stereocenters. The van der Waals surface area contributed by atoms with Crippen LogP contribution >= 0.6 is 11.3 Å². The van der Waals surface area contributed by atoms with Crippen molar-refractivity contribution in [2.24, 2.45) is 5.92 Å². The van der Waals surface area contributed by atoms with Crippen LogP contribution in [0.4, 0.5) is 0 Å². The molecule has 0 saturated carbocycles. The number of aliphatic hydroxyl groups is 1. The van der Waals surface area contributed by atoms with E-state index in [0.717, 1.165) is 32.6 Å². The molecule has 0 radical (unpaired) electrons. The average Bonchev–Trinajstić information content (AvgIpc) is 2.84. The minimum absolute atomic E-state index is 0.214. The van der Waals surface area contributed by atoms with Crippen LogP contribution in [0.1, 0.15) is 17.7 Å². The minimum atomic E-state index is 0.214. The quantitative estimate of drug-likeness (QED) is 0.823. The maximum absolute atomic E-state index is 9.41. The smallest absolute Gasteiger partial charge is 0.0587 e. The third kappa shape index (κ3) is 3.28. The Balaban J connectivity index is 1.80. The Morgan fingerprint density at radius 2 is 2.31 bits per heavy atom. The Morgan fingerprint density at radius 1 is 1.50 bits per heavy atom. The summed E-state index contributed by atoms with van der Waals surface area (Å²) in [6.07, 6.45) is 2.12. The number of thiophene rings is 1. The molecule has 1 aromatic heterocycles. The highest BCUT2D eigenvalue weighted by Crippen LogP contribution is 2.19. The van der Waals surface area contributed by atoms with Crippen molar-refractivity contribution in [2.45, 2.75) is 25.4 Å². The van der Waals surface area contributed by atoms with E-state index < -0.39 is 0 Å². The molecule has 0 aliphatic carbocycles. The highest BCUT2D eigenvalue weighted by molar-refractivity contribution is 7.09.